The average molecular weight is 614 g/mol. The van der Waals surface area contributed by atoms with E-state index in [0.29, 0.717) is 49.4 Å². The Bertz CT molecular complexity index is 1520. The number of nitrogens with zero attached hydrogens (tertiary/aromatic N) is 2. The van der Waals surface area contributed by atoms with Crippen LogP contribution in [-0.2, 0) is 28.2 Å². The molecular weight excluding hydrogens is 570 g/mol. The number of unbranched alkanes of at least 4 members (excludes halogenated alkanes) is 1. The largest absolute Gasteiger partial charge is 0.494 e. The Morgan fingerprint density at radius 3 is 2.53 bits per heavy atom. The summed E-state index contributed by atoms with van der Waals surface area (Å²) in [7, 11) is 0. The summed E-state index contributed by atoms with van der Waals surface area (Å²) >= 11 is 0. The maximum Gasteiger partial charge on any atom is 0.264 e. The first-order valence-electron chi connectivity index (χ1n) is 15.8. The summed E-state index contributed by atoms with van der Waals surface area (Å²) in [5.41, 5.74) is 2.88. The molecule has 3 atom stereocenters. The smallest absolute Gasteiger partial charge is 0.264 e. The molecule has 0 aliphatic carbocycles. The van der Waals surface area contributed by atoms with Crippen molar-refractivity contribution in [1.29, 1.82) is 0 Å². The molecule has 4 N–H and O–H groups in total. The minimum absolute atomic E-state index is 0.000973. The summed E-state index contributed by atoms with van der Waals surface area (Å²) in [6.07, 6.45) is 5.99. The lowest BCUT2D eigenvalue weighted by Crippen LogP contribution is -2.49. The summed E-state index contributed by atoms with van der Waals surface area (Å²) in [6, 6.07) is 20.3. The van der Waals surface area contributed by atoms with E-state index in [-0.39, 0.29) is 25.7 Å². The van der Waals surface area contributed by atoms with Gasteiger partial charge < -0.3 is 30.3 Å². The van der Waals surface area contributed by atoms with Crippen molar-refractivity contribution in [3.63, 3.8) is 0 Å². The van der Waals surface area contributed by atoms with Crippen LogP contribution in [0.15, 0.2) is 78.9 Å². The Labute approximate surface area is 264 Å². The number of aliphatic hydroxyl groups excluding tert-OH is 2. The van der Waals surface area contributed by atoms with Gasteiger partial charge in [-0.1, -0.05) is 49.4 Å². The van der Waals surface area contributed by atoms with E-state index in [1.54, 1.807) is 34.9 Å². The van der Waals surface area contributed by atoms with Crippen molar-refractivity contribution in [3.05, 3.63) is 95.6 Å². The van der Waals surface area contributed by atoms with Crippen LogP contribution < -0.4 is 19.9 Å². The Hall–Kier alpha value is -4.02. The van der Waals surface area contributed by atoms with Gasteiger partial charge >= 0.3 is 0 Å². The van der Waals surface area contributed by atoms with Crippen LogP contribution in [0.25, 0.3) is 0 Å². The lowest BCUT2D eigenvalue weighted by atomic mass is 9.83. The Morgan fingerprint density at radius 1 is 1.02 bits per heavy atom. The molecule has 3 aromatic rings. The van der Waals surface area contributed by atoms with Crippen LogP contribution >= 0.6 is 0 Å². The van der Waals surface area contributed by atoms with Crippen molar-refractivity contribution in [1.82, 2.24) is 5.32 Å². The molecule has 0 aromatic heterocycles. The number of nitrogens with one attached hydrogen (secondary N) is 1. The molecule has 2 heterocycles. The molecule has 2 aliphatic heterocycles. The molecule has 0 spiro atoms. The first kappa shape index (κ1) is 32.4. The van der Waals surface area contributed by atoms with Gasteiger partial charge in [-0.05, 0) is 86.7 Å². The molecule has 2 amide bonds. The number of amides is 2. The van der Waals surface area contributed by atoms with Crippen molar-refractivity contribution < 1.29 is 29.6 Å². The molecule has 0 saturated heterocycles. The van der Waals surface area contributed by atoms with Gasteiger partial charge in [-0.3, -0.25) is 14.5 Å². The maximum absolute atomic E-state index is 13.8. The van der Waals surface area contributed by atoms with Gasteiger partial charge in [0.25, 0.3) is 5.91 Å². The van der Waals surface area contributed by atoms with E-state index in [9.17, 15) is 14.7 Å². The van der Waals surface area contributed by atoms with Gasteiger partial charge in [-0.15, -0.1) is 0 Å². The van der Waals surface area contributed by atoms with Crippen LogP contribution in [0, 0.1) is 5.92 Å². The molecule has 9 nitrogen and oxygen atoms in total. The monoisotopic (exact) mass is 613 g/mol. The minimum Gasteiger partial charge on any atom is -0.494 e. The highest BCUT2D eigenvalue weighted by Crippen LogP contribution is 2.46. The van der Waals surface area contributed by atoms with Gasteiger partial charge in [0, 0.05) is 30.4 Å². The van der Waals surface area contributed by atoms with E-state index in [2.05, 4.69) is 5.32 Å². The fraction of sp³-hybridized carbons (Fsp3) is 0.389. The highest BCUT2D eigenvalue weighted by Gasteiger charge is 2.52. The summed E-state index contributed by atoms with van der Waals surface area (Å²) in [4.78, 5) is 31.0. The number of rotatable bonds is 14. The molecule has 45 heavy (non-hydrogen) atoms. The summed E-state index contributed by atoms with van der Waals surface area (Å²) in [5.74, 6) is -0.188. The van der Waals surface area contributed by atoms with Gasteiger partial charge in [-0.2, -0.15) is 0 Å². The maximum atomic E-state index is 13.8. The number of carbonyl (C=O) groups is 2. The quantitative estimate of drug-likeness (QED) is 0.158. The lowest BCUT2D eigenvalue weighted by molar-refractivity contribution is -0.139. The highest BCUT2D eigenvalue weighted by molar-refractivity contribution is 6.08. The van der Waals surface area contributed by atoms with Crippen LogP contribution in [0.4, 0.5) is 17.1 Å². The zero-order valence-electron chi connectivity index (χ0n) is 26.0. The number of hydrogen-bond donors (Lipinski definition) is 4. The van der Waals surface area contributed by atoms with Gasteiger partial charge in [0.05, 0.1) is 30.6 Å². The zero-order chi connectivity index (χ0) is 32.0. The van der Waals surface area contributed by atoms with Crippen LogP contribution in [0.2, 0.25) is 0 Å². The molecule has 0 radical (unpaired) electrons. The van der Waals surface area contributed by atoms with E-state index in [0.717, 1.165) is 29.0 Å². The third kappa shape index (κ3) is 6.53. The summed E-state index contributed by atoms with van der Waals surface area (Å²) in [6.45, 7) is 5.29. The normalized spacial score (nSPS) is 20.1. The van der Waals surface area contributed by atoms with Gasteiger partial charge in [-0.25, -0.2) is 0 Å². The number of hydrogen-bond acceptors (Lipinski definition) is 7. The molecule has 0 bridgehead atoms. The first-order chi connectivity index (χ1) is 21.8. The van der Waals surface area contributed by atoms with Crippen molar-refractivity contribution in [3.8, 4) is 5.75 Å². The summed E-state index contributed by atoms with van der Waals surface area (Å²) in [5, 5.41) is 33.5. The molecule has 238 valence electrons. The van der Waals surface area contributed by atoms with Crippen molar-refractivity contribution in [2.45, 2.75) is 57.7 Å². The van der Waals surface area contributed by atoms with Gasteiger partial charge in [0.2, 0.25) is 5.91 Å². The van der Waals surface area contributed by atoms with E-state index in [4.69, 9.17) is 14.9 Å². The fourth-order valence-corrected chi connectivity index (χ4v) is 6.23. The number of ether oxygens (including phenoxy) is 1. The molecule has 3 aromatic carbocycles. The van der Waals surface area contributed by atoms with Crippen molar-refractivity contribution >= 4 is 28.9 Å². The van der Waals surface area contributed by atoms with Crippen LogP contribution in [0.5, 0.6) is 5.75 Å². The minimum atomic E-state index is -1.72. The van der Waals surface area contributed by atoms with Crippen LogP contribution in [0.1, 0.15) is 49.8 Å². The van der Waals surface area contributed by atoms with E-state index < -0.39 is 23.5 Å². The van der Waals surface area contributed by atoms with Crippen LogP contribution in [-0.4, -0.2) is 59.5 Å². The molecule has 5 rings (SSSR count). The molecule has 1 unspecified atom stereocenters. The zero-order valence-corrected chi connectivity index (χ0v) is 26.0. The highest BCUT2D eigenvalue weighted by atomic mass is 16.5. The third-order valence-corrected chi connectivity index (χ3v) is 8.61. The molecule has 0 fully saturated rings. The molecule has 0 saturated carbocycles. The van der Waals surface area contributed by atoms with Gasteiger partial charge in [0.15, 0.2) is 5.60 Å². The number of anilines is 3. The Morgan fingerprint density at radius 2 is 1.80 bits per heavy atom. The molecular formula is C36H43N3O6. The number of benzene rings is 3. The predicted molar refractivity (Wildman–Crippen MR) is 175 cm³/mol. The van der Waals surface area contributed by atoms with Crippen molar-refractivity contribution in [2.24, 2.45) is 5.92 Å². The summed E-state index contributed by atoms with van der Waals surface area (Å²) < 4.78 is 5.74. The fourth-order valence-electron chi connectivity index (χ4n) is 6.23. The third-order valence-electron chi connectivity index (χ3n) is 8.61. The number of fused-ring (bicyclic) bond motifs is 2. The van der Waals surface area contributed by atoms with E-state index >= 15 is 0 Å². The second kappa shape index (κ2) is 14.4. The lowest BCUT2D eigenvalue weighted by Gasteiger charge is -2.35. The first-order valence-corrected chi connectivity index (χ1v) is 15.8. The van der Waals surface area contributed by atoms with Crippen LogP contribution in [0.3, 0.4) is 0 Å². The second-order valence-electron chi connectivity index (χ2n) is 11.6. The molecule has 9 heteroatoms. The van der Waals surface area contributed by atoms with E-state index in [1.165, 1.54) is 0 Å². The standard InChI is InChI=1S/C36H43N3O6/c1-3-45-29-17-18-32-27(22-29)23-31(37-19-7-9-21-41)34(42)39(32)28-15-13-26(14-16-28)24-38-33-12-5-4-11-30(33)36(44,35(38)43)25(2)10-6-8-20-40/h4-6,10-18,22,25,31,37,40-41,44H,3,7-9,19-21,23-24H2,1-2H3/b10-6+/t25-,31?,36+/m1/s1. The topological polar surface area (TPSA) is 123 Å². The number of para-hydroxylation sites is 1. The Balaban J connectivity index is 1.40. The number of aliphatic hydroxyl groups is 3. The van der Waals surface area contributed by atoms with E-state index in [1.807, 2.05) is 67.6 Å². The Kier molecular flexibility index (Phi) is 10.4. The predicted octanol–water partition coefficient (Wildman–Crippen LogP) is 4.35. The second-order valence-corrected chi connectivity index (χ2v) is 11.6. The van der Waals surface area contributed by atoms with Gasteiger partial charge in [0.1, 0.15) is 5.75 Å². The number of carbonyl (C=O) groups excluding carboxylic acids is 2. The molecule has 2 aliphatic rings. The SMILES string of the molecule is CCOc1ccc2c(c1)CC(NCCCCO)C(=O)N2c1ccc(CN2C(=O)[C@](O)([C@H](C)/C=C/CCO)c3ccccc32)cc1. The van der Waals surface area contributed by atoms with Crippen molar-refractivity contribution in [2.75, 3.05) is 36.2 Å². The average Bonchev–Trinajstić information content (AvgIpc) is 3.27.